The van der Waals surface area contributed by atoms with Gasteiger partial charge < -0.3 is 15.6 Å². The average molecular weight is 351 g/mol. The van der Waals surface area contributed by atoms with Gasteiger partial charge in [-0.05, 0) is 49.5 Å². The standard InChI is InChI=1S/C21H22FN3O/c22-19-4-2-1-3-16(19)15-5-6-17-18(13-24-20(17)11-15)21(26)25-12-14-7-9-23-10-8-14/h1-6,11,13-14,23-24H,7-10,12H2,(H,25,26). The number of hydrogen-bond acceptors (Lipinski definition) is 2. The van der Waals surface area contributed by atoms with Crippen molar-refractivity contribution >= 4 is 16.8 Å². The first kappa shape index (κ1) is 16.8. The Morgan fingerprint density at radius 2 is 1.96 bits per heavy atom. The molecule has 2 aromatic carbocycles. The average Bonchev–Trinajstić information content (AvgIpc) is 3.10. The molecule has 134 valence electrons. The fourth-order valence-corrected chi connectivity index (χ4v) is 3.60. The molecule has 4 nitrogen and oxygen atoms in total. The summed E-state index contributed by atoms with van der Waals surface area (Å²) in [7, 11) is 0. The van der Waals surface area contributed by atoms with Crippen LogP contribution in [0.3, 0.4) is 0 Å². The molecule has 0 aliphatic carbocycles. The lowest BCUT2D eigenvalue weighted by Gasteiger charge is -2.22. The summed E-state index contributed by atoms with van der Waals surface area (Å²) in [5.41, 5.74) is 2.81. The fraction of sp³-hybridized carbons (Fsp3) is 0.286. The highest BCUT2D eigenvalue weighted by atomic mass is 19.1. The number of carbonyl (C=O) groups is 1. The number of H-pyrrole nitrogens is 1. The van der Waals surface area contributed by atoms with Gasteiger partial charge in [-0.2, -0.15) is 0 Å². The van der Waals surface area contributed by atoms with Crippen LogP contribution in [0.4, 0.5) is 4.39 Å². The number of aromatic amines is 1. The maximum Gasteiger partial charge on any atom is 0.253 e. The van der Waals surface area contributed by atoms with E-state index in [1.807, 2.05) is 24.3 Å². The van der Waals surface area contributed by atoms with E-state index in [1.54, 1.807) is 18.3 Å². The van der Waals surface area contributed by atoms with Gasteiger partial charge in [0.2, 0.25) is 0 Å². The molecule has 3 aromatic rings. The molecule has 3 N–H and O–H groups in total. The number of aromatic nitrogens is 1. The number of hydrogen-bond donors (Lipinski definition) is 3. The Bertz CT molecular complexity index is 928. The number of carbonyl (C=O) groups excluding carboxylic acids is 1. The van der Waals surface area contributed by atoms with E-state index in [1.165, 1.54) is 6.07 Å². The van der Waals surface area contributed by atoms with Gasteiger partial charge in [-0.1, -0.05) is 30.3 Å². The van der Waals surface area contributed by atoms with Crippen LogP contribution in [0, 0.1) is 11.7 Å². The second-order valence-electron chi connectivity index (χ2n) is 6.85. The van der Waals surface area contributed by atoms with Gasteiger partial charge in [-0.25, -0.2) is 4.39 Å². The topological polar surface area (TPSA) is 56.9 Å². The Hall–Kier alpha value is -2.66. The first-order valence-corrected chi connectivity index (χ1v) is 9.07. The maximum atomic E-state index is 14.0. The molecule has 4 rings (SSSR count). The minimum Gasteiger partial charge on any atom is -0.360 e. The lowest BCUT2D eigenvalue weighted by atomic mass is 9.98. The van der Waals surface area contributed by atoms with Gasteiger partial charge in [0.25, 0.3) is 5.91 Å². The predicted molar refractivity (Wildman–Crippen MR) is 102 cm³/mol. The van der Waals surface area contributed by atoms with Crippen molar-refractivity contribution in [2.75, 3.05) is 19.6 Å². The molecule has 1 saturated heterocycles. The van der Waals surface area contributed by atoms with Gasteiger partial charge in [-0.15, -0.1) is 0 Å². The van der Waals surface area contributed by atoms with Crippen LogP contribution in [-0.2, 0) is 0 Å². The molecule has 0 saturated carbocycles. The molecule has 0 unspecified atom stereocenters. The zero-order valence-electron chi connectivity index (χ0n) is 14.5. The van der Waals surface area contributed by atoms with Crippen LogP contribution in [-0.4, -0.2) is 30.5 Å². The summed E-state index contributed by atoms with van der Waals surface area (Å²) in [5.74, 6) is 0.227. The van der Waals surface area contributed by atoms with E-state index in [0.717, 1.165) is 42.4 Å². The predicted octanol–water partition coefficient (Wildman–Crippen LogP) is 3.70. The van der Waals surface area contributed by atoms with E-state index in [-0.39, 0.29) is 11.7 Å². The van der Waals surface area contributed by atoms with Crippen molar-refractivity contribution in [1.29, 1.82) is 0 Å². The van der Waals surface area contributed by atoms with Crippen molar-refractivity contribution in [2.45, 2.75) is 12.8 Å². The van der Waals surface area contributed by atoms with Crippen molar-refractivity contribution in [3.8, 4) is 11.1 Å². The highest BCUT2D eigenvalue weighted by Crippen LogP contribution is 2.27. The highest BCUT2D eigenvalue weighted by Gasteiger charge is 2.17. The van der Waals surface area contributed by atoms with Crippen LogP contribution >= 0.6 is 0 Å². The van der Waals surface area contributed by atoms with Crippen LogP contribution < -0.4 is 10.6 Å². The maximum absolute atomic E-state index is 14.0. The van der Waals surface area contributed by atoms with Crippen LogP contribution in [0.15, 0.2) is 48.7 Å². The fourth-order valence-electron chi connectivity index (χ4n) is 3.60. The largest absolute Gasteiger partial charge is 0.360 e. The number of amides is 1. The molecule has 26 heavy (non-hydrogen) atoms. The van der Waals surface area contributed by atoms with E-state index >= 15 is 0 Å². The normalized spacial score (nSPS) is 15.3. The quantitative estimate of drug-likeness (QED) is 0.671. The van der Waals surface area contributed by atoms with Gasteiger partial charge >= 0.3 is 0 Å². The van der Waals surface area contributed by atoms with Crippen LogP contribution in [0.5, 0.6) is 0 Å². The third-order valence-electron chi connectivity index (χ3n) is 5.12. The Balaban J connectivity index is 1.53. The van der Waals surface area contributed by atoms with Gasteiger partial charge in [0.15, 0.2) is 0 Å². The SMILES string of the molecule is O=C(NCC1CCNCC1)c1c[nH]c2cc(-c3ccccc3F)ccc12. The summed E-state index contributed by atoms with van der Waals surface area (Å²) in [5, 5.41) is 7.24. The Morgan fingerprint density at radius 3 is 2.77 bits per heavy atom. The first-order chi connectivity index (χ1) is 12.7. The molecular formula is C21H22FN3O. The smallest absolute Gasteiger partial charge is 0.253 e. The molecule has 1 fully saturated rings. The number of benzene rings is 2. The second kappa shape index (κ2) is 7.30. The number of fused-ring (bicyclic) bond motifs is 1. The van der Waals surface area contributed by atoms with Gasteiger partial charge in [0.1, 0.15) is 5.82 Å². The van der Waals surface area contributed by atoms with E-state index in [0.29, 0.717) is 23.6 Å². The molecule has 0 atom stereocenters. The second-order valence-corrected chi connectivity index (χ2v) is 6.85. The number of rotatable bonds is 4. The van der Waals surface area contributed by atoms with Crippen molar-refractivity contribution in [1.82, 2.24) is 15.6 Å². The van der Waals surface area contributed by atoms with Crippen molar-refractivity contribution < 1.29 is 9.18 Å². The molecule has 1 aliphatic heterocycles. The summed E-state index contributed by atoms with van der Waals surface area (Å²) in [6.07, 6.45) is 3.92. The highest BCUT2D eigenvalue weighted by molar-refractivity contribution is 6.07. The van der Waals surface area contributed by atoms with Crippen molar-refractivity contribution in [3.05, 3.63) is 60.0 Å². The van der Waals surface area contributed by atoms with Crippen LogP contribution in [0.25, 0.3) is 22.0 Å². The zero-order valence-corrected chi connectivity index (χ0v) is 14.5. The number of halogens is 1. The summed E-state index contributed by atoms with van der Waals surface area (Å²) in [4.78, 5) is 15.7. The summed E-state index contributed by atoms with van der Waals surface area (Å²) in [6.45, 7) is 2.75. The van der Waals surface area contributed by atoms with Gasteiger partial charge in [-0.3, -0.25) is 4.79 Å². The third-order valence-corrected chi connectivity index (χ3v) is 5.12. The van der Waals surface area contributed by atoms with E-state index in [4.69, 9.17) is 0 Å². The van der Waals surface area contributed by atoms with Gasteiger partial charge in [0, 0.05) is 29.2 Å². The molecule has 1 aromatic heterocycles. The molecule has 1 aliphatic rings. The first-order valence-electron chi connectivity index (χ1n) is 9.07. The number of nitrogens with one attached hydrogen (secondary N) is 3. The van der Waals surface area contributed by atoms with Crippen LogP contribution in [0.2, 0.25) is 0 Å². The lowest BCUT2D eigenvalue weighted by Crippen LogP contribution is -2.35. The van der Waals surface area contributed by atoms with Crippen molar-refractivity contribution in [3.63, 3.8) is 0 Å². The molecule has 0 radical (unpaired) electrons. The van der Waals surface area contributed by atoms with E-state index in [9.17, 15) is 9.18 Å². The monoisotopic (exact) mass is 351 g/mol. The van der Waals surface area contributed by atoms with E-state index in [2.05, 4.69) is 15.6 Å². The van der Waals surface area contributed by atoms with Crippen molar-refractivity contribution in [2.24, 2.45) is 5.92 Å². The molecule has 0 spiro atoms. The molecule has 5 heteroatoms. The van der Waals surface area contributed by atoms with Crippen LogP contribution in [0.1, 0.15) is 23.2 Å². The Labute approximate surface area is 151 Å². The Kier molecular flexibility index (Phi) is 4.71. The molecule has 1 amide bonds. The number of piperidine rings is 1. The summed E-state index contributed by atoms with van der Waals surface area (Å²) < 4.78 is 14.0. The zero-order chi connectivity index (χ0) is 17.9. The minimum absolute atomic E-state index is 0.0616. The molecular weight excluding hydrogens is 329 g/mol. The van der Waals surface area contributed by atoms with E-state index < -0.39 is 0 Å². The summed E-state index contributed by atoms with van der Waals surface area (Å²) >= 11 is 0. The molecule has 2 heterocycles. The summed E-state index contributed by atoms with van der Waals surface area (Å²) in [6, 6.07) is 12.3. The molecule has 0 bridgehead atoms. The lowest BCUT2D eigenvalue weighted by molar-refractivity contribution is 0.0946. The minimum atomic E-state index is -0.252. The van der Waals surface area contributed by atoms with Gasteiger partial charge in [0.05, 0.1) is 5.56 Å². The third kappa shape index (κ3) is 3.35. The Morgan fingerprint density at radius 1 is 1.15 bits per heavy atom.